The largest absolute Gasteiger partial charge is 0.389 e. The van der Waals surface area contributed by atoms with E-state index in [1.54, 1.807) is 9.80 Å². The summed E-state index contributed by atoms with van der Waals surface area (Å²) in [4.78, 5) is 32.4. The fraction of sp³-hybridized carbons (Fsp3) is 0.704. The van der Waals surface area contributed by atoms with Crippen LogP contribution in [-0.2, 0) is 10.3 Å². The van der Waals surface area contributed by atoms with Crippen LogP contribution in [0.15, 0.2) is 30.3 Å². The zero-order valence-corrected chi connectivity index (χ0v) is 21.0. The van der Waals surface area contributed by atoms with E-state index in [0.29, 0.717) is 12.5 Å². The van der Waals surface area contributed by atoms with Gasteiger partial charge in [0, 0.05) is 31.7 Å². The lowest BCUT2D eigenvalue weighted by atomic mass is 9.68. The van der Waals surface area contributed by atoms with Gasteiger partial charge in [-0.2, -0.15) is 0 Å². The Morgan fingerprint density at radius 3 is 2.23 bits per heavy atom. The number of benzene rings is 1. The first-order valence-corrected chi connectivity index (χ1v) is 13.2. The Morgan fingerprint density at radius 2 is 1.71 bits per heavy atom. The maximum Gasteiger partial charge on any atom is 0.322 e. The van der Waals surface area contributed by atoms with Crippen LogP contribution in [0.2, 0.25) is 0 Å². The van der Waals surface area contributed by atoms with Crippen LogP contribution in [0.4, 0.5) is 4.79 Å². The van der Waals surface area contributed by atoms with E-state index in [-0.39, 0.29) is 36.0 Å². The number of ketones is 1. The van der Waals surface area contributed by atoms with Crippen molar-refractivity contribution in [3.63, 3.8) is 0 Å². The van der Waals surface area contributed by atoms with Gasteiger partial charge in [0.25, 0.3) is 0 Å². The molecule has 2 heterocycles. The number of carbonyl (C=O) groups excluding carboxylic acids is 2. The lowest BCUT2D eigenvalue weighted by molar-refractivity contribution is -0.127. The van der Waals surface area contributed by atoms with E-state index >= 15 is 0 Å². The van der Waals surface area contributed by atoms with Crippen molar-refractivity contribution in [1.29, 1.82) is 0 Å². The third kappa shape index (κ3) is 4.28. The molecule has 3 atom stereocenters. The predicted octanol–water partition coefficient (Wildman–Crippen LogP) is 1.90. The van der Waals surface area contributed by atoms with Crippen LogP contribution >= 0.6 is 0 Å². The number of nitrogens with zero attached hydrogens (tertiary/aromatic N) is 3. The molecule has 4 aliphatic rings. The molecule has 2 amide bonds. The minimum Gasteiger partial charge on any atom is -0.389 e. The van der Waals surface area contributed by atoms with Crippen molar-refractivity contribution in [1.82, 2.24) is 20.0 Å². The Bertz CT molecular complexity index is 918. The van der Waals surface area contributed by atoms with Gasteiger partial charge in [-0.1, -0.05) is 36.8 Å². The minimum atomic E-state index is -0.897. The fourth-order valence-corrected chi connectivity index (χ4v) is 6.91. The highest BCUT2D eigenvalue weighted by Gasteiger charge is 2.57. The molecule has 5 rings (SSSR count). The minimum absolute atomic E-state index is 0.0651. The van der Waals surface area contributed by atoms with Crippen molar-refractivity contribution in [2.75, 3.05) is 33.2 Å². The smallest absolute Gasteiger partial charge is 0.322 e. The Morgan fingerprint density at radius 1 is 1.09 bits per heavy atom. The molecule has 2 saturated heterocycles. The monoisotopic (exact) mass is 484 g/mol. The summed E-state index contributed by atoms with van der Waals surface area (Å²) in [5.74, 6) is 0.414. The van der Waals surface area contributed by atoms with Crippen molar-refractivity contribution in [2.24, 2.45) is 5.92 Å². The van der Waals surface area contributed by atoms with E-state index in [2.05, 4.69) is 34.5 Å². The summed E-state index contributed by atoms with van der Waals surface area (Å²) in [6.45, 7) is 3.17. The third-order valence-corrected chi connectivity index (χ3v) is 9.31. The van der Waals surface area contributed by atoms with Gasteiger partial charge in [-0.25, -0.2) is 4.79 Å². The zero-order valence-electron chi connectivity index (χ0n) is 21.0. The molecule has 3 N–H and O–H groups in total. The lowest BCUT2D eigenvalue weighted by Crippen LogP contribution is -2.56. The average Bonchev–Trinajstić information content (AvgIpc) is 3.28. The van der Waals surface area contributed by atoms with Crippen LogP contribution < -0.4 is 5.32 Å². The Labute approximate surface area is 208 Å². The molecule has 0 radical (unpaired) electrons. The van der Waals surface area contributed by atoms with Gasteiger partial charge < -0.3 is 20.4 Å². The number of aliphatic hydroxyl groups excluding tert-OH is 2. The molecular weight excluding hydrogens is 444 g/mol. The van der Waals surface area contributed by atoms with Gasteiger partial charge >= 0.3 is 6.03 Å². The highest BCUT2D eigenvalue weighted by Crippen LogP contribution is 2.48. The molecule has 1 unspecified atom stereocenters. The Hall–Kier alpha value is -2.00. The topological polar surface area (TPSA) is 96.4 Å². The predicted molar refractivity (Wildman–Crippen MR) is 133 cm³/mol. The molecule has 1 aromatic carbocycles. The second kappa shape index (κ2) is 9.47. The van der Waals surface area contributed by atoms with E-state index in [1.807, 2.05) is 13.1 Å². The van der Waals surface area contributed by atoms with Crippen molar-refractivity contribution >= 4 is 11.8 Å². The number of aliphatic hydroxyl groups is 2. The number of nitrogens with one attached hydrogen (secondary N) is 1. The molecule has 0 bridgehead atoms. The summed E-state index contributed by atoms with van der Waals surface area (Å²) in [6, 6.07) is 10.5. The van der Waals surface area contributed by atoms with Gasteiger partial charge in [0.15, 0.2) is 5.78 Å². The van der Waals surface area contributed by atoms with Gasteiger partial charge in [-0.15, -0.1) is 0 Å². The number of urea groups is 1. The number of Topliss-reactive ketones (excluding diaryl/α,β-unsaturated/α-hetero) is 1. The molecule has 1 spiro atoms. The summed E-state index contributed by atoms with van der Waals surface area (Å²) in [6.07, 6.45) is 4.57. The van der Waals surface area contributed by atoms with E-state index in [9.17, 15) is 19.8 Å². The fourth-order valence-electron chi connectivity index (χ4n) is 6.91. The number of hydrogen-bond acceptors (Lipinski definition) is 6. The van der Waals surface area contributed by atoms with Crippen molar-refractivity contribution < 1.29 is 19.8 Å². The van der Waals surface area contributed by atoms with E-state index < -0.39 is 18.4 Å². The number of β-amino-alcohol motifs (C(OH)–C–C–N with tert-alkyl or cyclic N) is 2. The first-order chi connectivity index (χ1) is 16.8. The Kier molecular flexibility index (Phi) is 6.68. The van der Waals surface area contributed by atoms with Gasteiger partial charge in [0.1, 0.15) is 6.17 Å². The van der Waals surface area contributed by atoms with Gasteiger partial charge in [0.2, 0.25) is 0 Å². The second-order valence-electron chi connectivity index (χ2n) is 11.3. The van der Waals surface area contributed by atoms with Crippen molar-refractivity contribution in [2.45, 2.75) is 81.3 Å². The number of hydrogen-bond donors (Lipinski definition) is 3. The Balaban J connectivity index is 1.42. The van der Waals surface area contributed by atoms with E-state index in [1.165, 1.54) is 18.9 Å². The maximum atomic E-state index is 14.0. The number of likely N-dealkylation sites (tertiary alicyclic amines) is 1. The molecule has 1 aromatic rings. The molecule has 2 aliphatic heterocycles. The van der Waals surface area contributed by atoms with Crippen LogP contribution in [0.25, 0.3) is 0 Å². The van der Waals surface area contributed by atoms with Crippen LogP contribution in [0.1, 0.15) is 57.4 Å². The van der Waals surface area contributed by atoms with Crippen LogP contribution in [0.3, 0.4) is 0 Å². The zero-order chi connectivity index (χ0) is 24.8. The molecule has 2 aliphatic carbocycles. The maximum absolute atomic E-state index is 14.0. The van der Waals surface area contributed by atoms with Gasteiger partial charge in [0.05, 0.1) is 17.7 Å². The third-order valence-electron chi connectivity index (χ3n) is 9.31. The van der Waals surface area contributed by atoms with Crippen molar-refractivity contribution in [3.8, 4) is 0 Å². The lowest BCUT2D eigenvalue weighted by Gasteiger charge is -2.49. The number of amides is 2. The average molecular weight is 485 g/mol. The highest BCUT2D eigenvalue weighted by atomic mass is 16.3. The van der Waals surface area contributed by atoms with Crippen LogP contribution in [0, 0.1) is 5.92 Å². The molecule has 0 aromatic heterocycles. The summed E-state index contributed by atoms with van der Waals surface area (Å²) in [7, 11) is 2.03. The molecule has 2 saturated carbocycles. The van der Waals surface area contributed by atoms with E-state index in [0.717, 1.165) is 45.1 Å². The molecule has 35 heavy (non-hydrogen) atoms. The van der Waals surface area contributed by atoms with Crippen LogP contribution in [0.5, 0.6) is 0 Å². The molecule has 8 nitrogen and oxygen atoms in total. The second-order valence-corrected chi connectivity index (χ2v) is 11.3. The molecular formula is C27H40N4O4. The summed E-state index contributed by atoms with van der Waals surface area (Å²) < 4.78 is 0. The summed E-state index contributed by atoms with van der Waals surface area (Å²) >= 11 is 0. The number of carbonyl (C=O) groups is 2. The SMILES string of the molecule is CNC1(c2ccccc2)CCC2(CC1)CN(C(C(C)=O)N1C[C@@H](O)[C@@H](O)C1)C(=O)N2CC1CCC1. The number of rotatable bonds is 7. The van der Waals surface area contributed by atoms with Crippen molar-refractivity contribution in [3.05, 3.63) is 35.9 Å². The summed E-state index contributed by atoms with van der Waals surface area (Å²) in [5.41, 5.74) is 0.867. The normalized spacial score (nSPS) is 35.0. The quantitative estimate of drug-likeness (QED) is 0.547. The summed E-state index contributed by atoms with van der Waals surface area (Å²) in [5, 5.41) is 23.9. The van der Waals surface area contributed by atoms with Gasteiger partial charge in [-0.3, -0.25) is 14.6 Å². The highest BCUT2D eigenvalue weighted by molar-refractivity contribution is 5.88. The van der Waals surface area contributed by atoms with Crippen LogP contribution in [-0.4, -0.2) is 93.9 Å². The first-order valence-electron chi connectivity index (χ1n) is 13.2. The molecule has 192 valence electrons. The first kappa shape index (κ1) is 24.7. The molecule has 4 fully saturated rings. The van der Waals surface area contributed by atoms with Gasteiger partial charge in [-0.05, 0) is 64.0 Å². The standard InChI is InChI=1S/C27H40N4O4/c1-19(32)24(29-16-22(33)23(34)17-29)30-18-26(31(25(30)35)15-20-7-6-8-20)11-13-27(28-2,14-12-26)21-9-4-3-5-10-21/h3-5,9-10,20,22-24,28,33-34H,6-8,11-18H2,1-2H3/t22-,23+,24?,26?,27?. The van der Waals surface area contributed by atoms with E-state index in [4.69, 9.17) is 0 Å². The molecule has 8 heteroatoms.